The molecule has 0 aromatic carbocycles. The fourth-order valence-electron chi connectivity index (χ4n) is 2.33. The van der Waals surface area contributed by atoms with E-state index in [-0.39, 0.29) is 5.91 Å². The van der Waals surface area contributed by atoms with E-state index in [9.17, 15) is 4.79 Å². The van der Waals surface area contributed by atoms with Gasteiger partial charge in [0.25, 0.3) is 5.91 Å². The minimum absolute atomic E-state index is 0.0569. The van der Waals surface area contributed by atoms with E-state index in [0.717, 1.165) is 25.3 Å². The third-order valence-corrected chi connectivity index (χ3v) is 3.49. The highest BCUT2D eigenvalue weighted by Gasteiger charge is 2.28. The Balaban J connectivity index is 1.71. The number of carbonyl (C=O) groups is 1. The molecule has 1 atom stereocenters. The van der Waals surface area contributed by atoms with Crippen LogP contribution in [0.5, 0.6) is 0 Å². The SMILES string of the molecule is CC1CN(C(=O)c2cc(C3CC3)[nH]n2)CCN1. The molecule has 2 aliphatic rings. The molecular weight excluding hydrogens is 216 g/mol. The van der Waals surface area contributed by atoms with Crippen molar-refractivity contribution in [3.8, 4) is 0 Å². The van der Waals surface area contributed by atoms with E-state index >= 15 is 0 Å². The minimum Gasteiger partial charge on any atom is -0.334 e. The monoisotopic (exact) mass is 234 g/mol. The van der Waals surface area contributed by atoms with Crippen LogP contribution in [-0.4, -0.2) is 46.7 Å². The molecule has 1 aliphatic heterocycles. The Morgan fingerprint density at radius 1 is 1.53 bits per heavy atom. The average Bonchev–Trinajstić information content (AvgIpc) is 3.07. The average molecular weight is 234 g/mol. The molecule has 3 rings (SSSR count). The van der Waals surface area contributed by atoms with Crippen molar-refractivity contribution in [2.75, 3.05) is 19.6 Å². The van der Waals surface area contributed by atoms with Crippen molar-refractivity contribution < 1.29 is 4.79 Å². The van der Waals surface area contributed by atoms with Gasteiger partial charge in [-0.3, -0.25) is 9.89 Å². The lowest BCUT2D eigenvalue weighted by molar-refractivity contribution is 0.0703. The van der Waals surface area contributed by atoms with Gasteiger partial charge in [0.2, 0.25) is 0 Å². The van der Waals surface area contributed by atoms with Crippen LogP contribution in [0, 0.1) is 0 Å². The summed E-state index contributed by atoms with van der Waals surface area (Å²) in [6.07, 6.45) is 2.45. The second-order valence-electron chi connectivity index (χ2n) is 5.09. The molecule has 1 amide bonds. The molecule has 1 aliphatic carbocycles. The number of hydrogen-bond donors (Lipinski definition) is 2. The van der Waals surface area contributed by atoms with Gasteiger partial charge in [-0.15, -0.1) is 0 Å². The molecule has 2 fully saturated rings. The summed E-state index contributed by atoms with van der Waals surface area (Å²) in [5, 5.41) is 10.5. The van der Waals surface area contributed by atoms with Crippen molar-refractivity contribution in [2.45, 2.75) is 31.7 Å². The van der Waals surface area contributed by atoms with Gasteiger partial charge in [-0.25, -0.2) is 0 Å². The van der Waals surface area contributed by atoms with E-state index < -0.39 is 0 Å². The van der Waals surface area contributed by atoms with E-state index in [1.54, 1.807) is 0 Å². The standard InChI is InChI=1S/C12H18N4O/c1-8-7-16(5-4-13-8)12(17)11-6-10(14-15-11)9-2-3-9/h6,8-9,13H,2-5,7H2,1H3,(H,14,15). The predicted octanol–water partition coefficient (Wildman–Crippen LogP) is 0.721. The number of H-pyrrole nitrogens is 1. The van der Waals surface area contributed by atoms with Gasteiger partial charge in [0.1, 0.15) is 5.69 Å². The number of piperazine rings is 1. The van der Waals surface area contributed by atoms with Crippen molar-refractivity contribution >= 4 is 5.91 Å². The Hall–Kier alpha value is -1.36. The normalized spacial score (nSPS) is 25.0. The molecule has 0 radical (unpaired) electrons. The lowest BCUT2D eigenvalue weighted by atomic mass is 10.2. The highest BCUT2D eigenvalue weighted by Crippen LogP contribution is 2.39. The van der Waals surface area contributed by atoms with Gasteiger partial charge in [0.05, 0.1) is 0 Å². The predicted molar refractivity (Wildman–Crippen MR) is 63.9 cm³/mol. The maximum absolute atomic E-state index is 12.2. The van der Waals surface area contributed by atoms with Gasteiger partial charge in [0, 0.05) is 37.3 Å². The quantitative estimate of drug-likeness (QED) is 0.792. The number of aromatic nitrogens is 2. The zero-order chi connectivity index (χ0) is 11.8. The lowest BCUT2D eigenvalue weighted by Crippen LogP contribution is -2.51. The number of amides is 1. The number of hydrogen-bond acceptors (Lipinski definition) is 3. The fourth-order valence-corrected chi connectivity index (χ4v) is 2.33. The molecule has 2 heterocycles. The molecule has 0 spiro atoms. The van der Waals surface area contributed by atoms with Crippen molar-refractivity contribution in [2.24, 2.45) is 0 Å². The summed E-state index contributed by atoms with van der Waals surface area (Å²) in [4.78, 5) is 14.1. The Morgan fingerprint density at radius 3 is 3.06 bits per heavy atom. The number of carbonyl (C=O) groups excluding carboxylic acids is 1. The first kappa shape index (κ1) is 10.8. The van der Waals surface area contributed by atoms with E-state index in [4.69, 9.17) is 0 Å². The molecule has 2 N–H and O–H groups in total. The van der Waals surface area contributed by atoms with Gasteiger partial charge >= 0.3 is 0 Å². The van der Waals surface area contributed by atoms with Crippen LogP contribution in [0.2, 0.25) is 0 Å². The molecule has 1 aromatic heterocycles. The number of nitrogens with zero attached hydrogens (tertiary/aromatic N) is 2. The smallest absolute Gasteiger partial charge is 0.274 e. The number of aromatic amines is 1. The van der Waals surface area contributed by atoms with E-state index in [1.165, 1.54) is 12.8 Å². The number of rotatable bonds is 2. The van der Waals surface area contributed by atoms with Gasteiger partial charge < -0.3 is 10.2 Å². The zero-order valence-electron chi connectivity index (χ0n) is 10.1. The Morgan fingerprint density at radius 2 is 2.35 bits per heavy atom. The van der Waals surface area contributed by atoms with Gasteiger partial charge in [-0.1, -0.05) is 0 Å². The van der Waals surface area contributed by atoms with Crippen molar-refractivity contribution in [3.63, 3.8) is 0 Å². The second kappa shape index (κ2) is 4.14. The molecule has 1 unspecified atom stereocenters. The summed E-state index contributed by atoms with van der Waals surface area (Å²) < 4.78 is 0. The molecule has 92 valence electrons. The topological polar surface area (TPSA) is 61.0 Å². The summed E-state index contributed by atoms with van der Waals surface area (Å²) in [5.41, 5.74) is 1.69. The maximum atomic E-state index is 12.2. The van der Waals surface area contributed by atoms with Crippen LogP contribution in [0.15, 0.2) is 6.07 Å². The summed E-state index contributed by atoms with van der Waals surface area (Å²) in [5.74, 6) is 0.674. The molecule has 17 heavy (non-hydrogen) atoms. The third-order valence-electron chi connectivity index (χ3n) is 3.49. The summed E-state index contributed by atoms with van der Waals surface area (Å²) in [6.45, 7) is 4.51. The second-order valence-corrected chi connectivity index (χ2v) is 5.09. The Kier molecular flexibility index (Phi) is 2.63. The van der Waals surface area contributed by atoms with E-state index in [0.29, 0.717) is 17.7 Å². The highest BCUT2D eigenvalue weighted by atomic mass is 16.2. The summed E-state index contributed by atoms with van der Waals surface area (Å²) >= 11 is 0. The Labute approximate surface area is 101 Å². The first-order valence-electron chi connectivity index (χ1n) is 6.32. The number of nitrogens with one attached hydrogen (secondary N) is 2. The first-order valence-corrected chi connectivity index (χ1v) is 6.32. The van der Waals surface area contributed by atoms with Crippen LogP contribution in [0.3, 0.4) is 0 Å². The molecule has 1 saturated carbocycles. The van der Waals surface area contributed by atoms with Gasteiger partial charge in [0.15, 0.2) is 0 Å². The molecule has 5 heteroatoms. The van der Waals surface area contributed by atoms with Gasteiger partial charge in [-0.2, -0.15) is 5.10 Å². The molecule has 1 aromatic rings. The van der Waals surface area contributed by atoms with E-state index in [2.05, 4.69) is 22.4 Å². The zero-order valence-corrected chi connectivity index (χ0v) is 10.1. The maximum Gasteiger partial charge on any atom is 0.274 e. The summed E-state index contributed by atoms with van der Waals surface area (Å²) in [7, 11) is 0. The lowest BCUT2D eigenvalue weighted by Gasteiger charge is -2.31. The highest BCUT2D eigenvalue weighted by molar-refractivity contribution is 5.92. The summed E-state index contributed by atoms with van der Waals surface area (Å²) in [6, 6.07) is 2.29. The van der Waals surface area contributed by atoms with Crippen LogP contribution < -0.4 is 5.32 Å². The van der Waals surface area contributed by atoms with E-state index in [1.807, 2.05) is 11.0 Å². The first-order chi connectivity index (χ1) is 8.24. The van der Waals surface area contributed by atoms with Crippen molar-refractivity contribution in [3.05, 3.63) is 17.5 Å². The van der Waals surface area contributed by atoms with Crippen LogP contribution in [0.25, 0.3) is 0 Å². The van der Waals surface area contributed by atoms with Crippen LogP contribution in [0.4, 0.5) is 0 Å². The largest absolute Gasteiger partial charge is 0.334 e. The molecule has 5 nitrogen and oxygen atoms in total. The van der Waals surface area contributed by atoms with Crippen molar-refractivity contribution in [1.82, 2.24) is 20.4 Å². The van der Waals surface area contributed by atoms with Crippen LogP contribution >= 0.6 is 0 Å². The minimum atomic E-state index is 0.0569. The van der Waals surface area contributed by atoms with Crippen molar-refractivity contribution in [1.29, 1.82) is 0 Å². The van der Waals surface area contributed by atoms with Gasteiger partial charge in [-0.05, 0) is 25.8 Å². The molecular formula is C12H18N4O. The fraction of sp³-hybridized carbons (Fsp3) is 0.667. The van der Waals surface area contributed by atoms with Crippen LogP contribution in [-0.2, 0) is 0 Å². The third kappa shape index (κ3) is 2.20. The Bertz CT molecular complexity index is 424. The molecule has 1 saturated heterocycles. The van der Waals surface area contributed by atoms with Crippen LogP contribution in [0.1, 0.15) is 41.9 Å². The molecule has 0 bridgehead atoms.